The smallest absolute Gasteiger partial charge is 0.234 e. The number of benzene rings is 2. The van der Waals surface area contributed by atoms with E-state index in [0.29, 0.717) is 12.3 Å². The predicted octanol–water partition coefficient (Wildman–Crippen LogP) is 4.31. The number of hydrogen-bond donors (Lipinski definition) is 2. The van der Waals surface area contributed by atoms with E-state index in [1.165, 1.54) is 11.8 Å². The molecule has 3 rings (SSSR count). The van der Waals surface area contributed by atoms with Crippen molar-refractivity contribution in [1.82, 2.24) is 4.98 Å². The summed E-state index contributed by atoms with van der Waals surface area (Å²) in [4.78, 5) is 28.5. The molecule has 0 atom stereocenters. The lowest BCUT2D eigenvalue weighted by Gasteiger charge is -2.07. The molecule has 0 unspecified atom stereocenters. The van der Waals surface area contributed by atoms with Crippen molar-refractivity contribution in [1.29, 1.82) is 0 Å². The first-order valence-corrected chi connectivity index (χ1v) is 10.8. The van der Waals surface area contributed by atoms with Gasteiger partial charge >= 0.3 is 0 Å². The minimum atomic E-state index is -0.150. The summed E-state index contributed by atoms with van der Waals surface area (Å²) in [7, 11) is 0. The lowest BCUT2D eigenvalue weighted by atomic mass is 10.3. The van der Waals surface area contributed by atoms with Crippen LogP contribution >= 0.6 is 23.1 Å². The van der Waals surface area contributed by atoms with Gasteiger partial charge in [0.15, 0.2) is 0 Å². The van der Waals surface area contributed by atoms with Crippen molar-refractivity contribution in [3.8, 4) is 5.75 Å². The number of rotatable bonds is 8. The first kappa shape index (κ1) is 20.2. The van der Waals surface area contributed by atoms with Crippen LogP contribution in [0.2, 0.25) is 0 Å². The van der Waals surface area contributed by atoms with Gasteiger partial charge in [0.05, 0.1) is 33.3 Å². The zero-order valence-corrected chi connectivity index (χ0v) is 17.3. The second-order valence-corrected chi connectivity index (χ2v) is 8.18. The fourth-order valence-corrected chi connectivity index (χ4v) is 4.03. The van der Waals surface area contributed by atoms with Crippen molar-refractivity contribution in [3.05, 3.63) is 47.5 Å². The first-order chi connectivity index (χ1) is 13.5. The van der Waals surface area contributed by atoms with Crippen molar-refractivity contribution >= 4 is 56.5 Å². The molecule has 28 heavy (non-hydrogen) atoms. The Morgan fingerprint density at radius 1 is 1.04 bits per heavy atom. The number of thiazole rings is 1. The number of nitrogens with one attached hydrogen (secondary N) is 2. The number of hydrogen-bond acceptors (Lipinski definition) is 6. The van der Waals surface area contributed by atoms with Gasteiger partial charge < -0.3 is 15.4 Å². The fourth-order valence-electron chi connectivity index (χ4n) is 2.55. The van der Waals surface area contributed by atoms with Crippen LogP contribution in [0.15, 0.2) is 42.5 Å². The second-order valence-electron chi connectivity index (χ2n) is 5.96. The second kappa shape index (κ2) is 9.57. The third-order valence-corrected chi connectivity index (χ3v) is 5.56. The number of anilines is 2. The Kier molecular flexibility index (Phi) is 6.89. The topological polar surface area (TPSA) is 80.3 Å². The maximum atomic E-state index is 12.1. The fraction of sp³-hybridized carbons (Fsp3) is 0.250. The Morgan fingerprint density at radius 3 is 2.36 bits per heavy atom. The third-order valence-electron chi connectivity index (χ3n) is 3.69. The summed E-state index contributed by atoms with van der Waals surface area (Å²) in [5.41, 5.74) is 2.37. The summed E-state index contributed by atoms with van der Waals surface area (Å²) in [6.45, 7) is 4.47. The average Bonchev–Trinajstić information content (AvgIpc) is 3.03. The number of fused-ring (bicyclic) bond motifs is 1. The van der Waals surface area contributed by atoms with E-state index in [4.69, 9.17) is 4.74 Å². The van der Waals surface area contributed by atoms with Gasteiger partial charge in [-0.1, -0.05) is 0 Å². The molecule has 0 bridgehead atoms. The van der Waals surface area contributed by atoms with Crippen LogP contribution < -0.4 is 15.4 Å². The number of nitrogens with zero attached hydrogens (tertiary/aromatic N) is 1. The normalized spacial score (nSPS) is 10.6. The summed E-state index contributed by atoms with van der Waals surface area (Å²) in [6, 6.07) is 12.8. The average molecular weight is 416 g/mol. The molecule has 0 radical (unpaired) electrons. The number of carbonyl (C=O) groups excluding carboxylic acids is 2. The number of ether oxygens (including phenoxy) is 1. The Morgan fingerprint density at radius 2 is 1.68 bits per heavy atom. The Balaban J connectivity index is 1.41. The zero-order valence-electron chi connectivity index (χ0n) is 15.7. The summed E-state index contributed by atoms with van der Waals surface area (Å²) < 4.78 is 6.41. The van der Waals surface area contributed by atoms with E-state index in [1.807, 2.05) is 32.0 Å². The Labute approximate surface area is 171 Å². The van der Waals surface area contributed by atoms with Crippen LogP contribution in [0.3, 0.4) is 0 Å². The van der Waals surface area contributed by atoms with Crippen molar-refractivity contribution in [3.63, 3.8) is 0 Å². The molecule has 2 amide bonds. The highest BCUT2D eigenvalue weighted by atomic mass is 32.2. The van der Waals surface area contributed by atoms with Crippen LogP contribution in [-0.2, 0) is 9.59 Å². The highest BCUT2D eigenvalue weighted by molar-refractivity contribution is 8.00. The molecule has 0 aliphatic heterocycles. The lowest BCUT2D eigenvalue weighted by molar-refractivity contribution is -0.114. The van der Waals surface area contributed by atoms with E-state index in [1.54, 1.807) is 35.6 Å². The van der Waals surface area contributed by atoms with Gasteiger partial charge in [-0.3, -0.25) is 9.59 Å². The van der Waals surface area contributed by atoms with Crippen LogP contribution in [0.25, 0.3) is 10.2 Å². The molecule has 0 spiro atoms. The van der Waals surface area contributed by atoms with Crippen LogP contribution in [0.4, 0.5) is 11.4 Å². The molecule has 146 valence electrons. The van der Waals surface area contributed by atoms with Crippen molar-refractivity contribution in [2.75, 3.05) is 28.7 Å². The van der Waals surface area contributed by atoms with E-state index >= 15 is 0 Å². The minimum absolute atomic E-state index is 0.139. The third kappa shape index (κ3) is 5.71. The summed E-state index contributed by atoms with van der Waals surface area (Å²) >= 11 is 2.86. The minimum Gasteiger partial charge on any atom is -0.494 e. The van der Waals surface area contributed by atoms with Crippen LogP contribution in [0.5, 0.6) is 5.75 Å². The summed E-state index contributed by atoms with van der Waals surface area (Å²) in [5, 5.41) is 6.66. The van der Waals surface area contributed by atoms with Gasteiger partial charge in [0.1, 0.15) is 5.75 Å². The monoisotopic (exact) mass is 415 g/mol. The van der Waals surface area contributed by atoms with Crippen LogP contribution in [0, 0.1) is 6.92 Å². The molecule has 2 N–H and O–H groups in total. The van der Waals surface area contributed by atoms with E-state index in [0.717, 1.165) is 26.7 Å². The van der Waals surface area contributed by atoms with Crippen molar-refractivity contribution in [2.24, 2.45) is 0 Å². The largest absolute Gasteiger partial charge is 0.494 e. The summed E-state index contributed by atoms with van der Waals surface area (Å²) in [6.07, 6.45) is 0. The maximum absolute atomic E-state index is 12.1. The molecule has 0 aliphatic rings. The highest BCUT2D eigenvalue weighted by Gasteiger charge is 2.08. The van der Waals surface area contributed by atoms with E-state index < -0.39 is 0 Å². The molecule has 0 saturated carbocycles. The number of amides is 2. The van der Waals surface area contributed by atoms with Gasteiger partial charge in [-0.25, -0.2) is 4.98 Å². The van der Waals surface area contributed by atoms with Gasteiger partial charge in [-0.05, 0) is 56.3 Å². The zero-order chi connectivity index (χ0) is 19.9. The van der Waals surface area contributed by atoms with Crippen molar-refractivity contribution < 1.29 is 14.3 Å². The maximum Gasteiger partial charge on any atom is 0.234 e. The quantitative estimate of drug-likeness (QED) is 0.573. The number of aryl methyl sites for hydroxylation is 1. The number of aromatic nitrogens is 1. The molecule has 0 saturated heterocycles. The molecule has 0 aliphatic carbocycles. The van der Waals surface area contributed by atoms with E-state index in [2.05, 4.69) is 15.6 Å². The highest BCUT2D eigenvalue weighted by Crippen LogP contribution is 2.24. The lowest BCUT2D eigenvalue weighted by Crippen LogP contribution is -2.18. The SMILES string of the molecule is CCOc1ccc(NC(=O)CSCC(=O)Nc2ccc3nc(C)sc3c2)cc1. The van der Waals surface area contributed by atoms with Gasteiger partial charge in [0.25, 0.3) is 0 Å². The van der Waals surface area contributed by atoms with E-state index in [-0.39, 0.29) is 23.3 Å². The molecule has 1 heterocycles. The molecule has 1 aromatic heterocycles. The number of carbonyl (C=O) groups is 2. The van der Waals surface area contributed by atoms with Crippen molar-refractivity contribution in [2.45, 2.75) is 13.8 Å². The molecule has 8 heteroatoms. The standard InChI is InChI=1S/C20H21N3O3S2/c1-3-26-16-7-4-14(5-8-16)22-19(24)11-27-12-20(25)23-15-6-9-17-18(10-15)28-13(2)21-17/h4-10H,3,11-12H2,1-2H3,(H,22,24)(H,23,25). The molecule has 6 nitrogen and oxygen atoms in total. The molecule has 2 aromatic carbocycles. The van der Waals surface area contributed by atoms with Gasteiger partial charge in [-0.2, -0.15) is 0 Å². The number of thioether (sulfide) groups is 1. The van der Waals surface area contributed by atoms with Gasteiger partial charge in [0.2, 0.25) is 11.8 Å². The van der Waals surface area contributed by atoms with Crippen LogP contribution in [0.1, 0.15) is 11.9 Å². The molecule has 3 aromatic rings. The molecular weight excluding hydrogens is 394 g/mol. The van der Waals surface area contributed by atoms with Gasteiger partial charge in [-0.15, -0.1) is 23.1 Å². The van der Waals surface area contributed by atoms with Gasteiger partial charge in [0, 0.05) is 11.4 Å². The first-order valence-electron chi connectivity index (χ1n) is 8.81. The molecular formula is C20H21N3O3S2. The summed E-state index contributed by atoms with van der Waals surface area (Å²) in [5.74, 6) is 0.880. The Hall–Kier alpha value is -2.58. The van der Waals surface area contributed by atoms with E-state index in [9.17, 15) is 9.59 Å². The Bertz CT molecular complexity index is 970. The van der Waals surface area contributed by atoms with Crippen LogP contribution in [-0.4, -0.2) is 34.9 Å². The predicted molar refractivity (Wildman–Crippen MR) is 117 cm³/mol. The molecule has 0 fully saturated rings.